The van der Waals surface area contributed by atoms with Crippen LogP contribution in [0.15, 0.2) is 48.5 Å². The van der Waals surface area contributed by atoms with Gasteiger partial charge in [-0.15, -0.1) is 0 Å². The highest BCUT2D eigenvalue weighted by Crippen LogP contribution is 2.42. The predicted molar refractivity (Wildman–Crippen MR) is 103 cm³/mol. The van der Waals surface area contributed by atoms with E-state index in [1.807, 2.05) is 0 Å². The van der Waals surface area contributed by atoms with Crippen molar-refractivity contribution < 1.29 is 18.8 Å². The van der Waals surface area contributed by atoms with Crippen molar-refractivity contribution in [2.45, 2.75) is 26.2 Å². The second-order valence-corrected chi connectivity index (χ2v) is 7.65. The zero-order valence-electron chi connectivity index (χ0n) is 15.5. The van der Waals surface area contributed by atoms with Gasteiger partial charge in [-0.05, 0) is 73.7 Å². The summed E-state index contributed by atoms with van der Waals surface area (Å²) in [5.41, 5.74) is 1.37. The lowest BCUT2D eigenvalue weighted by atomic mass is 9.76. The van der Waals surface area contributed by atoms with Crippen LogP contribution in [0, 0.1) is 23.6 Å². The van der Waals surface area contributed by atoms with Crippen LogP contribution in [0.5, 0.6) is 0 Å². The highest BCUT2D eigenvalue weighted by atomic mass is 19.1. The lowest BCUT2D eigenvalue weighted by Gasteiger charge is -2.25. The van der Waals surface area contributed by atoms with Crippen molar-refractivity contribution in [1.82, 2.24) is 0 Å². The van der Waals surface area contributed by atoms with Gasteiger partial charge in [0.2, 0.25) is 11.8 Å². The Labute approximate surface area is 162 Å². The maximum atomic E-state index is 13.0. The van der Waals surface area contributed by atoms with Crippen LogP contribution in [0.1, 0.15) is 36.5 Å². The zero-order chi connectivity index (χ0) is 19.8. The Hall–Kier alpha value is -3.02. The molecule has 2 aromatic carbocycles. The fourth-order valence-corrected chi connectivity index (χ4v) is 4.14. The number of rotatable bonds is 3. The minimum Gasteiger partial charge on any atom is -0.322 e. The molecular formula is C22H21FN2O3. The smallest absolute Gasteiger partial charge is 0.255 e. The molecule has 0 unspecified atom stereocenters. The first kappa shape index (κ1) is 18.3. The van der Waals surface area contributed by atoms with Gasteiger partial charge in [0.05, 0.1) is 17.5 Å². The number of nitrogens with zero attached hydrogens (tertiary/aromatic N) is 1. The first-order valence-corrected chi connectivity index (χ1v) is 9.49. The minimum absolute atomic E-state index is 0.134. The van der Waals surface area contributed by atoms with Crippen molar-refractivity contribution in [1.29, 1.82) is 0 Å². The summed E-state index contributed by atoms with van der Waals surface area (Å²) in [6, 6.07) is 11.9. The van der Waals surface area contributed by atoms with Crippen LogP contribution in [-0.2, 0) is 9.59 Å². The molecule has 28 heavy (non-hydrogen) atoms. The number of hydrogen-bond acceptors (Lipinski definition) is 3. The lowest BCUT2D eigenvalue weighted by molar-refractivity contribution is -0.122. The van der Waals surface area contributed by atoms with Crippen LogP contribution < -0.4 is 10.2 Å². The summed E-state index contributed by atoms with van der Waals surface area (Å²) in [5.74, 6) is -0.981. The molecule has 1 aliphatic carbocycles. The van der Waals surface area contributed by atoms with E-state index in [9.17, 15) is 18.8 Å². The summed E-state index contributed by atoms with van der Waals surface area (Å²) >= 11 is 0. The predicted octanol–water partition coefficient (Wildman–Crippen LogP) is 4.00. The Morgan fingerprint density at radius 1 is 0.964 bits per heavy atom. The number of halogens is 1. The molecule has 1 N–H and O–H groups in total. The Kier molecular flexibility index (Phi) is 4.71. The molecule has 3 amide bonds. The topological polar surface area (TPSA) is 66.5 Å². The van der Waals surface area contributed by atoms with E-state index in [4.69, 9.17) is 0 Å². The summed E-state index contributed by atoms with van der Waals surface area (Å²) in [6.45, 7) is 2.12. The van der Waals surface area contributed by atoms with E-state index >= 15 is 0 Å². The van der Waals surface area contributed by atoms with Gasteiger partial charge in [0, 0.05) is 11.3 Å². The van der Waals surface area contributed by atoms with Gasteiger partial charge in [-0.25, -0.2) is 4.39 Å². The molecule has 1 aliphatic heterocycles. The van der Waals surface area contributed by atoms with Crippen LogP contribution >= 0.6 is 0 Å². The first-order valence-electron chi connectivity index (χ1n) is 9.49. The molecule has 3 atom stereocenters. The molecule has 1 saturated carbocycles. The third kappa shape index (κ3) is 3.30. The summed E-state index contributed by atoms with van der Waals surface area (Å²) in [6.07, 6.45) is 2.48. The van der Waals surface area contributed by atoms with Gasteiger partial charge >= 0.3 is 0 Å². The normalized spacial score (nSPS) is 24.2. The molecule has 4 rings (SSSR count). The van der Waals surface area contributed by atoms with Crippen molar-refractivity contribution in [3.8, 4) is 0 Å². The molecule has 5 nitrogen and oxygen atoms in total. The van der Waals surface area contributed by atoms with E-state index < -0.39 is 0 Å². The number of hydrogen-bond donors (Lipinski definition) is 1. The number of amides is 3. The van der Waals surface area contributed by atoms with E-state index in [0.29, 0.717) is 22.9 Å². The van der Waals surface area contributed by atoms with Crippen LogP contribution in [0.2, 0.25) is 0 Å². The number of nitrogens with one attached hydrogen (secondary N) is 1. The fourth-order valence-electron chi connectivity index (χ4n) is 4.14. The molecule has 1 heterocycles. The molecule has 2 aromatic rings. The van der Waals surface area contributed by atoms with E-state index in [2.05, 4.69) is 12.2 Å². The van der Waals surface area contributed by atoms with Crippen molar-refractivity contribution in [2.24, 2.45) is 17.8 Å². The number of benzene rings is 2. The number of anilines is 2. The molecule has 0 radical (unpaired) electrons. The van der Waals surface area contributed by atoms with Crippen LogP contribution in [-0.4, -0.2) is 17.7 Å². The van der Waals surface area contributed by atoms with Crippen LogP contribution in [0.3, 0.4) is 0 Å². The van der Waals surface area contributed by atoms with E-state index in [-0.39, 0.29) is 35.4 Å². The Morgan fingerprint density at radius 3 is 2.29 bits per heavy atom. The average Bonchev–Trinajstić information content (AvgIpc) is 2.93. The quantitative estimate of drug-likeness (QED) is 0.819. The number of carbonyl (C=O) groups is 3. The number of imide groups is 1. The molecule has 2 aliphatic rings. The summed E-state index contributed by atoms with van der Waals surface area (Å²) in [4.78, 5) is 39.1. The molecule has 0 spiro atoms. The summed E-state index contributed by atoms with van der Waals surface area (Å²) in [7, 11) is 0. The number of fused-ring (bicyclic) bond motifs is 1. The van der Waals surface area contributed by atoms with E-state index in [1.54, 1.807) is 24.3 Å². The van der Waals surface area contributed by atoms with Crippen LogP contribution in [0.25, 0.3) is 0 Å². The first-order chi connectivity index (χ1) is 13.4. The molecule has 0 bridgehead atoms. The van der Waals surface area contributed by atoms with Gasteiger partial charge < -0.3 is 5.32 Å². The summed E-state index contributed by atoms with van der Waals surface area (Å²) < 4.78 is 13.0. The van der Waals surface area contributed by atoms with Crippen molar-refractivity contribution in [2.75, 3.05) is 10.2 Å². The lowest BCUT2D eigenvalue weighted by Crippen LogP contribution is -2.30. The van der Waals surface area contributed by atoms with E-state index in [1.165, 1.54) is 29.2 Å². The van der Waals surface area contributed by atoms with Gasteiger partial charge in [-0.2, -0.15) is 0 Å². The van der Waals surface area contributed by atoms with Crippen molar-refractivity contribution in [3.63, 3.8) is 0 Å². The molecule has 144 valence electrons. The van der Waals surface area contributed by atoms with Crippen molar-refractivity contribution >= 4 is 29.1 Å². The highest BCUT2D eigenvalue weighted by Gasteiger charge is 2.49. The van der Waals surface area contributed by atoms with Gasteiger partial charge in [-0.1, -0.05) is 6.92 Å². The maximum absolute atomic E-state index is 13.0. The van der Waals surface area contributed by atoms with Gasteiger partial charge in [0.25, 0.3) is 5.91 Å². The standard InChI is InChI=1S/C22H21FN2O3/c1-13-2-11-18-19(12-13)22(28)25(21(18)27)17-9-3-14(4-10-17)20(26)24-16-7-5-15(23)6-8-16/h3-10,13,18-19H,2,11-12H2,1H3,(H,24,26)/t13-,18-,19+/m1/s1. The van der Waals surface area contributed by atoms with Gasteiger partial charge in [0.15, 0.2) is 0 Å². The Balaban J connectivity index is 1.50. The average molecular weight is 380 g/mol. The Morgan fingerprint density at radius 2 is 1.61 bits per heavy atom. The summed E-state index contributed by atoms with van der Waals surface area (Å²) in [5, 5.41) is 2.68. The van der Waals surface area contributed by atoms with Crippen molar-refractivity contribution in [3.05, 3.63) is 59.9 Å². The third-order valence-corrected chi connectivity index (χ3v) is 5.68. The monoisotopic (exact) mass is 380 g/mol. The fraction of sp³-hybridized carbons (Fsp3) is 0.318. The Bertz CT molecular complexity index is 924. The SMILES string of the molecule is C[C@@H]1CC[C@H]2C(=O)N(c3ccc(C(=O)Nc4ccc(F)cc4)cc3)C(=O)[C@H]2C1. The molecule has 0 aromatic heterocycles. The van der Waals surface area contributed by atoms with Crippen LogP contribution in [0.4, 0.5) is 15.8 Å². The molecule has 2 fully saturated rings. The van der Waals surface area contributed by atoms with E-state index in [0.717, 1.165) is 19.3 Å². The largest absolute Gasteiger partial charge is 0.322 e. The minimum atomic E-state index is -0.378. The molecular weight excluding hydrogens is 359 g/mol. The zero-order valence-corrected chi connectivity index (χ0v) is 15.5. The third-order valence-electron chi connectivity index (χ3n) is 5.68. The second kappa shape index (κ2) is 7.19. The van der Waals surface area contributed by atoms with Gasteiger partial charge in [0.1, 0.15) is 5.82 Å². The van der Waals surface area contributed by atoms with Gasteiger partial charge in [-0.3, -0.25) is 19.3 Å². The number of carbonyl (C=O) groups excluding carboxylic acids is 3. The molecule has 6 heteroatoms. The second-order valence-electron chi connectivity index (χ2n) is 7.65. The maximum Gasteiger partial charge on any atom is 0.255 e. The highest BCUT2D eigenvalue weighted by molar-refractivity contribution is 6.22. The molecule has 1 saturated heterocycles.